The molecule has 2 aliphatic heterocycles. The van der Waals surface area contributed by atoms with Crippen molar-refractivity contribution in [3.63, 3.8) is 0 Å². The van der Waals surface area contributed by atoms with E-state index >= 15 is 0 Å². The van der Waals surface area contributed by atoms with Crippen LogP contribution in [0.15, 0.2) is 60.7 Å². The molecule has 2 saturated heterocycles. The van der Waals surface area contributed by atoms with Gasteiger partial charge in [-0.3, -0.25) is 0 Å². The lowest BCUT2D eigenvalue weighted by molar-refractivity contribution is -0.328. The van der Waals surface area contributed by atoms with Crippen molar-refractivity contribution in [2.45, 2.75) is 61.4 Å². The molecule has 10 unspecified atom stereocenters. The number of aliphatic hydroxyl groups excluding tert-OH is 5. The number of phenols is 3. The third kappa shape index (κ3) is 12.2. The molecular formula is C44H50O22. The van der Waals surface area contributed by atoms with E-state index in [2.05, 4.69) is 0 Å². The smallest absolute Gasteiger partial charge is 0.333 e. The lowest BCUT2D eigenvalue weighted by Gasteiger charge is -2.43. The van der Waals surface area contributed by atoms with Crippen molar-refractivity contribution < 1.29 is 107 Å². The van der Waals surface area contributed by atoms with Crippen LogP contribution in [0.25, 0.3) is 18.2 Å². The van der Waals surface area contributed by atoms with Gasteiger partial charge >= 0.3 is 17.9 Å². The number of carbonyl (C=O) groups is 3. The van der Waals surface area contributed by atoms with Gasteiger partial charge in [0.05, 0.1) is 48.8 Å². The van der Waals surface area contributed by atoms with E-state index in [1.165, 1.54) is 96.2 Å². The zero-order valence-corrected chi connectivity index (χ0v) is 36.0. The lowest BCUT2D eigenvalue weighted by Crippen LogP contribution is -2.63. The van der Waals surface area contributed by atoms with Gasteiger partial charge in [-0.05, 0) is 71.3 Å². The Morgan fingerprint density at radius 1 is 0.530 bits per heavy atom. The maximum Gasteiger partial charge on any atom is 0.333 e. The molecular weight excluding hydrogens is 880 g/mol. The highest BCUT2D eigenvalue weighted by Crippen LogP contribution is 2.39. The Labute approximate surface area is 376 Å². The van der Waals surface area contributed by atoms with E-state index in [1.54, 1.807) is 0 Å². The predicted molar refractivity (Wildman–Crippen MR) is 224 cm³/mol. The number of carbonyl (C=O) groups excluding carboxylic acids is 3. The first-order chi connectivity index (χ1) is 31.5. The fourth-order valence-corrected chi connectivity index (χ4v) is 6.58. The molecule has 8 N–H and O–H groups in total. The van der Waals surface area contributed by atoms with E-state index in [0.717, 1.165) is 18.2 Å². The first kappa shape index (κ1) is 50.4. The standard InChI is InChI=1S/C44H50O22/c1-56-25-14-21(6-10-24(25)46)7-11-32(47)65-42-40(55)38(53)31(63-44(42)66-34(49)13-9-23-17-28(59-4)36(51)29(18-23)60-5)20-61-43-41(39(54)37(52)30(19-45)62-43)64-33(48)12-8-22-15-26(57-2)35(50)27(16-22)58-3/h6-18,30-31,37-46,50-55H,19-20H2,1-5H3. The van der Waals surface area contributed by atoms with Crippen LogP contribution in [-0.2, 0) is 42.8 Å². The van der Waals surface area contributed by atoms with Gasteiger partial charge in [0, 0.05) is 18.2 Å². The van der Waals surface area contributed by atoms with Gasteiger partial charge in [-0.1, -0.05) is 6.07 Å². The van der Waals surface area contributed by atoms with E-state index in [9.17, 15) is 55.2 Å². The van der Waals surface area contributed by atoms with Crippen molar-refractivity contribution in [1.82, 2.24) is 0 Å². The molecule has 358 valence electrons. The Morgan fingerprint density at radius 2 is 0.924 bits per heavy atom. The number of esters is 3. The second kappa shape index (κ2) is 23.0. The highest BCUT2D eigenvalue weighted by molar-refractivity contribution is 5.89. The average molecular weight is 931 g/mol. The first-order valence-corrected chi connectivity index (χ1v) is 19.7. The summed E-state index contributed by atoms with van der Waals surface area (Å²) in [6.07, 6.45) is -11.6. The minimum absolute atomic E-state index is 0.0163. The van der Waals surface area contributed by atoms with Crippen molar-refractivity contribution >= 4 is 36.1 Å². The van der Waals surface area contributed by atoms with Crippen LogP contribution < -0.4 is 23.7 Å². The average Bonchev–Trinajstić information content (AvgIpc) is 3.31. The summed E-state index contributed by atoms with van der Waals surface area (Å²) in [6.45, 7) is -1.61. The zero-order chi connectivity index (χ0) is 48.2. The van der Waals surface area contributed by atoms with Crippen molar-refractivity contribution in [3.05, 3.63) is 77.4 Å². The number of rotatable bonds is 18. The maximum atomic E-state index is 13.3. The van der Waals surface area contributed by atoms with Crippen molar-refractivity contribution in [2.24, 2.45) is 0 Å². The third-order valence-electron chi connectivity index (χ3n) is 10.1. The molecule has 5 rings (SSSR count). The van der Waals surface area contributed by atoms with Gasteiger partial charge in [-0.2, -0.15) is 0 Å². The zero-order valence-electron chi connectivity index (χ0n) is 36.0. The number of phenolic OH excluding ortho intramolecular Hbond substituents is 3. The molecule has 0 bridgehead atoms. The van der Waals surface area contributed by atoms with E-state index in [1.807, 2.05) is 0 Å². The molecule has 3 aromatic carbocycles. The van der Waals surface area contributed by atoms with Gasteiger partial charge in [-0.25, -0.2) is 14.4 Å². The summed E-state index contributed by atoms with van der Waals surface area (Å²) in [7, 11) is 6.53. The van der Waals surface area contributed by atoms with Crippen LogP contribution in [0.1, 0.15) is 16.7 Å². The first-order valence-electron chi connectivity index (χ1n) is 19.7. The topological polar surface area (TPSA) is 315 Å². The molecule has 0 aliphatic carbocycles. The van der Waals surface area contributed by atoms with Crippen LogP contribution in [0, 0.1) is 0 Å². The molecule has 22 heteroatoms. The van der Waals surface area contributed by atoms with Gasteiger partial charge in [0.2, 0.25) is 17.8 Å². The fraction of sp³-hybridized carbons (Fsp3) is 0.386. The van der Waals surface area contributed by atoms with Crippen LogP contribution in [0.3, 0.4) is 0 Å². The van der Waals surface area contributed by atoms with E-state index < -0.39 is 92.5 Å². The summed E-state index contributed by atoms with van der Waals surface area (Å²) in [4.78, 5) is 39.4. The van der Waals surface area contributed by atoms with Crippen LogP contribution in [0.5, 0.6) is 46.0 Å². The van der Waals surface area contributed by atoms with Gasteiger partial charge in [-0.15, -0.1) is 0 Å². The minimum Gasteiger partial charge on any atom is -0.504 e. The highest BCUT2D eigenvalue weighted by Gasteiger charge is 2.51. The summed E-state index contributed by atoms with van der Waals surface area (Å²) >= 11 is 0. The molecule has 0 aromatic heterocycles. The van der Waals surface area contributed by atoms with Gasteiger partial charge < -0.3 is 93.0 Å². The summed E-state index contributed by atoms with van der Waals surface area (Å²) < 4.78 is 59.1. The largest absolute Gasteiger partial charge is 0.504 e. The van der Waals surface area contributed by atoms with Crippen molar-refractivity contribution in [1.29, 1.82) is 0 Å². The van der Waals surface area contributed by atoms with Crippen LogP contribution >= 0.6 is 0 Å². The molecule has 2 aliphatic rings. The second-order valence-corrected chi connectivity index (χ2v) is 14.3. The van der Waals surface area contributed by atoms with Crippen LogP contribution in [0.4, 0.5) is 0 Å². The molecule has 2 heterocycles. The van der Waals surface area contributed by atoms with Crippen molar-refractivity contribution in [2.75, 3.05) is 48.8 Å². The number of ether oxygens (including phenoxy) is 11. The molecule has 22 nitrogen and oxygen atoms in total. The van der Waals surface area contributed by atoms with E-state index in [4.69, 9.17) is 52.1 Å². The lowest BCUT2D eigenvalue weighted by atomic mass is 9.98. The highest BCUT2D eigenvalue weighted by atomic mass is 16.8. The molecule has 2 fully saturated rings. The van der Waals surface area contributed by atoms with Crippen LogP contribution in [-0.4, -0.2) is 169 Å². The molecule has 66 heavy (non-hydrogen) atoms. The number of benzene rings is 3. The predicted octanol–water partition coefficient (Wildman–Crippen LogP) is 0.556. The monoisotopic (exact) mass is 930 g/mol. The fourth-order valence-electron chi connectivity index (χ4n) is 6.58. The number of methoxy groups -OCH3 is 5. The third-order valence-corrected chi connectivity index (χ3v) is 10.1. The molecule has 3 aromatic rings. The molecule has 0 spiro atoms. The number of hydrogen-bond donors (Lipinski definition) is 8. The minimum atomic E-state index is -2.04. The summed E-state index contributed by atoms with van der Waals surface area (Å²) in [6, 6.07) is 9.71. The second-order valence-electron chi connectivity index (χ2n) is 14.3. The SMILES string of the molecule is COc1cc(C=CC(=O)OC2C(OC(=O)C=Cc3cc(OC)c(O)c(OC)c3)OC(COC3OC(CO)C(O)C(O)C3OC(=O)C=Cc3cc(OC)c(O)c(OC)c3)C(O)C2O)ccc1O. The summed E-state index contributed by atoms with van der Waals surface area (Å²) in [5, 5.41) is 84.5. The maximum absolute atomic E-state index is 13.3. The Bertz CT molecular complexity index is 2210. The van der Waals surface area contributed by atoms with Crippen LogP contribution in [0.2, 0.25) is 0 Å². The Kier molecular flexibility index (Phi) is 17.6. The molecule has 0 saturated carbocycles. The Morgan fingerprint density at radius 3 is 1.38 bits per heavy atom. The van der Waals surface area contributed by atoms with Crippen molar-refractivity contribution in [3.8, 4) is 46.0 Å². The number of hydrogen-bond acceptors (Lipinski definition) is 22. The van der Waals surface area contributed by atoms with E-state index in [0.29, 0.717) is 16.7 Å². The molecule has 10 atom stereocenters. The van der Waals surface area contributed by atoms with Gasteiger partial charge in [0.1, 0.15) is 36.6 Å². The Hall–Kier alpha value is -6.63. The Balaban J connectivity index is 1.36. The summed E-state index contributed by atoms with van der Waals surface area (Å²) in [5.41, 5.74) is 1.01. The normalized spacial score (nSPS) is 25.4. The van der Waals surface area contributed by atoms with Gasteiger partial charge in [0.15, 0.2) is 53.0 Å². The molecule has 0 radical (unpaired) electrons. The quantitative estimate of drug-likeness (QED) is 0.0491. The van der Waals surface area contributed by atoms with E-state index in [-0.39, 0.29) is 46.0 Å². The molecule has 0 amide bonds. The number of aromatic hydroxyl groups is 3. The number of aliphatic hydroxyl groups is 5. The van der Waals surface area contributed by atoms with Gasteiger partial charge in [0.25, 0.3) is 0 Å². The summed E-state index contributed by atoms with van der Waals surface area (Å²) in [5.74, 6) is -3.87.